The van der Waals surface area contributed by atoms with Crippen LogP contribution in [0, 0.1) is 23.7 Å². The molecule has 9 atom stereocenters. The Morgan fingerprint density at radius 2 is 0.954 bits per heavy atom. The topological polar surface area (TPSA) is 243 Å². The second kappa shape index (κ2) is 29.1. The van der Waals surface area contributed by atoms with Gasteiger partial charge in [0.25, 0.3) is 0 Å². The quantitative estimate of drug-likeness (QED) is 0.0816. The van der Waals surface area contributed by atoms with Crippen LogP contribution in [0.5, 0.6) is 0 Å². The summed E-state index contributed by atoms with van der Waals surface area (Å²) in [6.45, 7) is 8.19. The van der Waals surface area contributed by atoms with Crippen LogP contribution in [-0.4, -0.2) is 153 Å². The Labute approximate surface area is 511 Å². The van der Waals surface area contributed by atoms with Gasteiger partial charge in [0.15, 0.2) is 0 Å². The van der Waals surface area contributed by atoms with Crippen molar-refractivity contribution in [3.05, 3.63) is 132 Å². The summed E-state index contributed by atoms with van der Waals surface area (Å²) in [7, 11) is 1.50. The Hall–Kier alpha value is -8.00. The van der Waals surface area contributed by atoms with Gasteiger partial charge in [-0.05, 0) is 113 Å². The molecule has 6 aliphatic rings. The fraction of sp³-hybridized carbons (Fsp3) is 0.522. The lowest BCUT2D eigenvalue weighted by atomic mass is 9.83. The number of anilines is 2. The molecule has 0 radical (unpaired) electrons. The molecule has 4 aromatic rings. The summed E-state index contributed by atoms with van der Waals surface area (Å²) >= 11 is 0. The van der Waals surface area contributed by atoms with E-state index in [1.165, 1.54) is 18.4 Å². The van der Waals surface area contributed by atoms with Crippen molar-refractivity contribution in [2.45, 2.75) is 166 Å². The molecule has 4 saturated heterocycles. The van der Waals surface area contributed by atoms with Crippen molar-refractivity contribution in [1.82, 2.24) is 29.8 Å². The number of para-hydroxylation sites is 2. The summed E-state index contributed by atoms with van der Waals surface area (Å²) in [6.07, 6.45) is 9.21. The lowest BCUT2D eigenvalue weighted by Gasteiger charge is -2.37. The summed E-state index contributed by atoms with van der Waals surface area (Å²) in [5, 5.41) is 8.97. The van der Waals surface area contributed by atoms with Crippen molar-refractivity contribution in [3.63, 3.8) is 0 Å². The third-order valence-corrected chi connectivity index (χ3v) is 18.2. The number of hydrogen-bond donors (Lipinski definition) is 4. The second-order valence-electron chi connectivity index (χ2n) is 25.1. The van der Waals surface area contributed by atoms with Crippen LogP contribution in [0.15, 0.2) is 121 Å². The molecule has 0 aromatic heterocycles. The molecule has 2 aliphatic carbocycles. The molecule has 5 N–H and O–H groups in total. The number of carbonyl (C=O) groups excluding carboxylic acids is 8. The summed E-state index contributed by atoms with van der Waals surface area (Å²) in [5.74, 6) is -2.57. The summed E-state index contributed by atoms with van der Waals surface area (Å²) in [5.41, 5.74) is 8.81. The predicted molar refractivity (Wildman–Crippen MR) is 328 cm³/mol. The highest BCUT2D eigenvalue weighted by Gasteiger charge is 2.57. The molecule has 20 heteroatoms. The van der Waals surface area contributed by atoms with E-state index >= 15 is 0 Å². The average molecular weight is 1190 g/mol. The van der Waals surface area contributed by atoms with Crippen LogP contribution in [0.25, 0.3) is 0 Å². The van der Waals surface area contributed by atoms with Gasteiger partial charge in [-0.25, -0.2) is 14.4 Å². The van der Waals surface area contributed by atoms with Gasteiger partial charge in [0.05, 0.1) is 42.0 Å². The predicted octanol–water partition coefficient (Wildman–Crippen LogP) is 8.95. The highest BCUT2D eigenvalue weighted by Crippen LogP contribution is 2.41. The summed E-state index contributed by atoms with van der Waals surface area (Å²) in [4.78, 5) is 117. The Morgan fingerprint density at radius 1 is 0.552 bits per heavy atom. The van der Waals surface area contributed by atoms with Gasteiger partial charge in [0.2, 0.25) is 29.5 Å². The number of likely N-dealkylation sites (tertiary alicyclic amines) is 4. The molecule has 4 aromatic carbocycles. The van der Waals surface area contributed by atoms with Crippen molar-refractivity contribution in [2.75, 3.05) is 43.9 Å². The maximum atomic E-state index is 14.7. The first-order valence-electron chi connectivity index (χ1n) is 31.2. The highest BCUT2D eigenvalue weighted by atomic mass is 16.6. The molecule has 0 spiro atoms. The number of benzene rings is 4. The zero-order valence-corrected chi connectivity index (χ0v) is 50.9. The maximum Gasteiger partial charge on any atom is 0.410 e. The van der Waals surface area contributed by atoms with Gasteiger partial charge in [-0.3, -0.25) is 28.9 Å². The number of nitrogens with one attached hydrogen (secondary N) is 3. The molecule has 20 nitrogen and oxygen atoms in total. The first-order chi connectivity index (χ1) is 41.9. The number of nitrogens with two attached hydrogens (primary N) is 1. The SMILES string of the molecule is C[C@@H](C(=O)N[C@H](C(=O)N1CC[C@@H]2[C@H]1[C@@H](C(=O)Nc1ccccc1)CN2C(=O)OCc1ccccc1)C1CCCCC1)N(C)C(=O)OC(C)(C)C.N[C@H](C(=O)N1CC[C@@H]2[C@H]1[C@@H](C(=O)Nc1ccccc1)CN2C(=O)OCc1ccccc1)C1CCCCC1. The number of likely N-dealkylation sites (N-methyl/N-ethyl adjacent to an activating group) is 1. The maximum absolute atomic E-state index is 14.7. The van der Waals surface area contributed by atoms with Gasteiger partial charge in [-0.15, -0.1) is 0 Å². The fourth-order valence-corrected chi connectivity index (χ4v) is 13.5. The molecule has 6 fully saturated rings. The lowest BCUT2D eigenvalue weighted by Crippen LogP contribution is -2.58. The number of nitrogens with zero attached hydrogens (tertiary/aromatic N) is 5. The molecule has 4 heterocycles. The number of fused-ring (bicyclic) bond motifs is 2. The van der Waals surface area contributed by atoms with Gasteiger partial charge in [0, 0.05) is 44.6 Å². The Bertz CT molecular complexity index is 3000. The Morgan fingerprint density at radius 3 is 1.38 bits per heavy atom. The largest absolute Gasteiger partial charge is 0.445 e. The molecular formula is C67H87N9O11. The van der Waals surface area contributed by atoms with E-state index in [4.69, 9.17) is 19.9 Å². The molecule has 2 saturated carbocycles. The number of hydrogen-bond acceptors (Lipinski definition) is 12. The van der Waals surface area contributed by atoms with Crippen LogP contribution in [0.4, 0.5) is 25.8 Å². The van der Waals surface area contributed by atoms with Crippen LogP contribution in [0.3, 0.4) is 0 Å². The van der Waals surface area contributed by atoms with Gasteiger partial charge < -0.3 is 55.5 Å². The third kappa shape index (κ3) is 15.8. The highest BCUT2D eigenvalue weighted by molar-refractivity contribution is 5.97. The first kappa shape index (κ1) is 63.5. The molecular weight excluding hydrogens is 1110 g/mol. The lowest BCUT2D eigenvalue weighted by molar-refractivity contribution is -0.141. The first-order valence-corrected chi connectivity index (χ1v) is 31.2. The second-order valence-corrected chi connectivity index (χ2v) is 25.1. The Balaban J connectivity index is 0.000000217. The molecule has 8 amide bonds. The smallest absolute Gasteiger partial charge is 0.410 e. The van der Waals surface area contributed by atoms with E-state index < -0.39 is 77.9 Å². The van der Waals surface area contributed by atoms with Crippen LogP contribution >= 0.6 is 0 Å². The molecule has 10 rings (SSSR count). The zero-order valence-electron chi connectivity index (χ0n) is 50.9. The van der Waals surface area contributed by atoms with E-state index in [9.17, 15) is 38.4 Å². The van der Waals surface area contributed by atoms with Crippen LogP contribution < -0.4 is 21.7 Å². The van der Waals surface area contributed by atoms with Gasteiger partial charge >= 0.3 is 18.3 Å². The molecule has 87 heavy (non-hydrogen) atoms. The van der Waals surface area contributed by atoms with E-state index in [0.717, 1.165) is 68.9 Å². The van der Waals surface area contributed by atoms with Crippen LogP contribution in [0.2, 0.25) is 0 Å². The van der Waals surface area contributed by atoms with Gasteiger partial charge in [0.1, 0.15) is 30.9 Å². The van der Waals surface area contributed by atoms with E-state index in [0.29, 0.717) is 37.3 Å². The van der Waals surface area contributed by atoms with Crippen molar-refractivity contribution in [3.8, 4) is 0 Å². The van der Waals surface area contributed by atoms with Crippen molar-refractivity contribution >= 4 is 59.2 Å². The van der Waals surface area contributed by atoms with E-state index in [1.807, 2.05) is 109 Å². The van der Waals surface area contributed by atoms with Crippen molar-refractivity contribution in [2.24, 2.45) is 29.4 Å². The minimum Gasteiger partial charge on any atom is -0.445 e. The summed E-state index contributed by atoms with van der Waals surface area (Å²) < 4.78 is 16.8. The van der Waals surface area contributed by atoms with Gasteiger partial charge in [-0.2, -0.15) is 0 Å². The minimum atomic E-state index is -0.902. The zero-order chi connectivity index (χ0) is 61.8. The average Bonchev–Trinajstić information content (AvgIpc) is 1.68. The number of amides is 8. The molecule has 466 valence electrons. The standard InChI is InChI=1S/C38H51N5O7.C29H36N4O4/c1-25(41(5)36(47)50-38(2,3)4)33(44)40-31(27-17-11-7-12-18-27)35(46)42-22-21-30-32(42)29(34(45)39-28-19-13-8-14-20-28)23-43(30)37(48)49-24-26-15-9-6-10-16-26;30-25(21-12-6-2-7-13-21)28(35)32-17-16-24-26(32)23(27(34)31-22-14-8-3-9-15-22)18-33(24)29(36)37-19-20-10-4-1-5-11-20/h6,8-10,13-16,19-20,25,27,29-32H,7,11-12,17-18,21-24H2,1-5H3,(H,39,45)(H,40,44);1,3-5,8-11,14-15,21,23-26H,2,6-7,12-13,16-19,30H2,(H,31,34)/t25-,29-,30+,31-,32+;23-,24+,25-,26+/m00/s1. The van der Waals surface area contributed by atoms with Crippen LogP contribution in [-0.2, 0) is 51.4 Å². The molecule has 4 aliphatic heterocycles. The van der Waals surface area contributed by atoms with Crippen LogP contribution in [0.1, 0.15) is 116 Å². The van der Waals surface area contributed by atoms with E-state index in [-0.39, 0.29) is 67.8 Å². The molecule has 0 bridgehead atoms. The third-order valence-electron chi connectivity index (χ3n) is 18.2. The van der Waals surface area contributed by atoms with E-state index in [1.54, 1.807) is 59.4 Å². The monoisotopic (exact) mass is 1190 g/mol. The Kier molecular flexibility index (Phi) is 21.3. The number of ether oxygens (including phenoxy) is 3. The minimum absolute atomic E-state index is 0.0861. The number of rotatable bonds is 15. The summed E-state index contributed by atoms with van der Waals surface area (Å²) in [6, 6.07) is 33.1. The molecule has 0 unspecified atom stereocenters. The van der Waals surface area contributed by atoms with Gasteiger partial charge in [-0.1, -0.05) is 136 Å². The number of carbonyl (C=O) groups is 8. The van der Waals surface area contributed by atoms with Crippen molar-refractivity contribution in [1.29, 1.82) is 0 Å². The van der Waals surface area contributed by atoms with E-state index in [2.05, 4.69) is 16.0 Å². The van der Waals surface area contributed by atoms with Crippen molar-refractivity contribution < 1.29 is 52.6 Å². The normalized spacial score (nSPS) is 22.9. The fourth-order valence-electron chi connectivity index (χ4n) is 13.5.